The number of nitrogens with zero attached hydrogens (tertiary/aromatic N) is 2. The van der Waals surface area contributed by atoms with E-state index in [1.165, 1.54) is 12.1 Å². The molecule has 1 rings (SSSR count). The third kappa shape index (κ3) is 3.68. The number of carbonyl (C=O) groups is 2. The van der Waals surface area contributed by atoms with Crippen molar-refractivity contribution in [2.24, 2.45) is 0 Å². The lowest BCUT2D eigenvalue weighted by molar-refractivity contribution is -0.170. The molecule has 0 fully saturated rings. The number of rotatable bonds is 2. The minimum atomic E-state index is -5.20. The van der Waals surface area contributed by atoms with E-state index in [0.29, 0.717) is 0 Å². The molecule has 4 nitrogen and oxygen atoms in total. The van der Waals surface area contributed by atoms with Crippen LogP contribution in [0.3, 0.4) is 0 Å². The molecule has 0 aliphatic carbocycles. The van der Waals surface area contributed by atoms with E-state index < -0.39 is 35.5 Å². The van der Waals surface area contributed by atoms with Crippen LogP contribution in [0.4, 0.5) is 37.7 Å². The predicted molar refractivity (Wildman–Crippen MR) is 65.4 cm³/mol. The molecule has 0 aromatic heterocycles. The number of benzene rings is 1. The number of para-hydroxylation sites is 2. The lowest BCUT2D eigenvalue weighted by atomic mass is 10.2. The smallest absolute Gasteiger partial charge is 0.306 e. The molecular formula is C12H10F6N2O2. The van der Waals surface area contributed by atoms with Crippen molar-refractivity contribution in [1.29, 1.82) is 0 Å². The average molecular weight is 328 g/mol. The first kappa shape index (κ1) is 17.8. The van der Waals surface area contributed by atoms with Gasteiger partial charge in [0.05, 0.1) is 11.4 Å². The lowest BCUT2D eigenvalue weighted by Crippen LogP contribution is -2.42. The zero-order valence-electron chi connectivity index (χ0n) is 11.3. The maximum absolute atomic E-state index is 12.4. The summed E-state index contributed by atoms with van der Waals surface area (Å²) < 4.78 is 74.5. The predicted octanol–water partition coefficient (Wildman–Crippen LogP) is 2.74. The average Bonchev–Trinajstić information content (AvgIpc) is 2.42. The van der Waals surface area contributed by atoms with Gasteiger partial charge in [0.1, 0.15) is 0 Å². The van der Waals surface area contributed by atoms with Crippen molar-refractivity contribution in [2.75, 3.05) is 23.9 Å². The van der Waals surface area contributed by atoms with Gasteiger partial charge in [-0.1, -0.05) is 12.1 Å². The van der Waals surface area contributed by atoms with E-state index >= 15 is 0 Å². The van der Waals surface area contributed by atoms with Gasteiger partial charge in [-0.15, -0.1) is 0 Å². The molecule has 1 aromatic rings. The van der Waals surface area contributed by atoms with Crippen molar-refractivity contribution >= 4 is 23.2 Å². The van der Waals surface area contributed by atoms with Gasteiger partial charge in [-0.05, 0) is 12.1 Å². The normalized spacial score (nSPS) is 12.0. The van der Waals surface area contributed by atoms with E-state index in [-0.39, 0.29) is 9.80 Å². The van der Waals surface area contributed by atoms with Crippen LogP contribution in [0.15, 0.2) is 24.3 Å². The monoisotopic (exact) mass is 328 g/mol. The van der Waals surface area contributed by atoms with Gasteiger partial charge in [0.2, 0.25) is 0 Å². The topological polar surface area (TPSA) is 40.6 Å². The summed E-state index contributed by atoms with van der Waals surface area (Å²) in [6.45, 7) is 0. The molecule has 0 spiro atoms. The second-order valence-electron chi connectivity index (χ2n) is 4.21. The van der Waals surface area contributed by atoms with Gasteiger partial charge in [0, 0.05) is 14.1 Å². The Labute approximate surface area is 120 Å². The van der Waals surface area contributed by atoms with Crippen molar-refractivity contribution in [3.63, 3.8) is 0 Å². The molecule has 1 aromatic carbocycles. The van der Waals surface area contributed by atoms with Crippen LogP contribution >= 0.6 is 0 Å². The van der Waals surface area contributed by atoms with Gasteiger partial charge in [0.15, 0.2) is 0 Å². The molecule has 0 aliphatic rings. The van der Waals surface area contributed by atoms with Gasteiger partial charge in [-0.2, -0.15) is 26.3 Å². The Morgan fingerprint density at radius 1 is 0.773 bits per heavy atom. The van der Waals surface area contributed by atoms with Crippen molar-refractivity contribution in [2.45, 2.75) is 12.4 Å². The van der Waals surface area contributed by atoms with E-state index in [0.717, 1.165) is 26.2 Å². The highest BCUT2D eigenvalue weighted by Gasteiger charge is 2.44. The Morgan fingerprint density at radius 3 is 1.27 bits per heavy atom. The Morgan fingerprint density at radius 2 is 1.05 bits per heavy atom. The minimum Gasteiger partial charge on any atom is -0.306 e. The number of carbonyl (C=O) groups excluding carboxylic acids is 2. The summed E-state index contributed by atoms with van der Waals surface area (Å²) in [5, 5.41) is 0. The van der Waals surface area contributed by atoms with Crippen LogP contribution in [0, 0.1) is 0 Å². The molecule has 0 heterocycles. The fraction of sp³-hybridized carbons (Fsp3) is 0.333. The molecule has 0 saturated carbocycles. The van der Waals surface area contributed by atoms with Gasteiger partial charge in [0.25, 0.3) is 0 Å². The zero-order chi connectivity index (χ0) is 17.3. The summed E-state index contributed by atoms with van der Waals surface area (Å²) >= 11 is 0. The summed E-state index contributed by atoms with van der Waals surface area (Å²) in [5.41, 5.74) is -0.963. The first-order chi connectivity index (χ1) is 9.87. The Hall–Kier alpha value is -2.26. The molecule has 0 atom stereocenters. The fourth-order valence-electron chi connectivity index (χ4n) is 1.63. The van der Waals surface area contributed by atoms with Crippen molar-refractivity contribution in [1.82, 2.24) is 0 Å². The zero-order valence-corrected chi connectivity index (χ0v) is 11.3. The summed E-state index contributed by atoms with van der Waals surface area (Å²) in [6.07, 6.45) is -10.4. The lowest BCUT2D eigenvalue weighted by Gasteiger charge is -2.26. The summed E-state index contributed by atoms with van der Waals surface area (Å²) in [5.74, 6) is -4.54. The fourth-order valence-corrected chi connectivity index (χ4v) is 1.63. The van der Waals surface area contributed by atoms with Crippen LogP contribution in [0.5, 0.6) is 0 Å². The summed E-state index contributed by atoms with van der Waals surface area (Å²) in [7, 11) is 1.50. The Kier molecular flexibility index (Phi) is 4.73. The molecule has 0 N–H and O–H groups in total. The first-order valence-corrected chi connectivity index (χ1v) is 5.66. The molecule has 10 heteroatoms. The van der Waals surface area contributed by atoms with Gasteiger partial charge >= 0.3 is 24.2 Å². The first-order valence-electron chi connectivity index (χ1n) is 5.66. The molecule has 0 radical (unpaired) electrons. The number of alkyl halides is 6. The maximum Gasteiger partial charge on any atom is 0.471 e. The number of halogens is 6. The minimum absolute atomic E-state index is 0.134. The molecule has 0 aliphatic heterocycles. The SMILES string of the molecule is CN(C(=O)C(F)(F)F)c1ccccc1N(C)C(=O)C(F)(F)F. The van der Waals surface area contributed by atoms with Gasteiger partial charge < -0.3 is 9.80 Å². The van der Waals surface area contributed by atoms with E-state index in [4.69, 9.17) is 0 Å². The van der Waals surface area contributed by atoms with Gasteiger partial charge in [-0.25, -0.2) is 0 Å². The second-order valence-corrected chi connectivity index (χ2v) is 4.21. The quantitative estimate of drug-likeness (QED) is 0.783. The second kappa shape index (κ2) is 5.85. The Balaban J connectivity index is 3.26. The Bertz CT molecular complexity index is 531. The molecule has 2 amide bonds. The van der Waals surface area contributed by atoms with E-state index in [2.05, 4.69) is 0 Å². The molecule has 22 heavy (non-hydrogen) atoms. The van der Waals surface area contributed by atoms with Crippen molar-refractivity contribution in [3.8, 4) is 0 Å². The summed E-state index contributed by atoms with van der Waals surface area (Å²) in [4.78, 5) is 22.6. The van der Waals surface area contributed by atoms with Crippen LogP contribution in [-0.4, -0.2) is 38.3 Å². The molecule has 0 unspecified atom stereocenters. The standard InChI is InChI=1S/C12H10F6N2O2/c1-19(9(21)11(13,14)15)7-5-3-4-6-8(7)20(2)10(22)12(16,17)18/h3-6H,1-2H3. The third-order valence-electron chi connectivity index (χ3n) is 2.70. The molecule has 0 bridgehead atoms. The highest BCUT2D eigenvalue weighted by atomic mass is 19.4. The van der Waals surface area contributed by atoms with Crippen LogP contribution in [0.1, 0.15) is 0 Å². The molecular weight excluding hydrogens is 318 g/mol. The highest BCUT2D eigenvalue weighted by molar-refractivity contribution is 6.04. The van der Waals surface area contributed by atoms with Gasteiger partial charge in [-0.3, -0.25) is 9.59 Å². The van der Waals surface area contributed by atoms with Crippen LogP contribution in [0.2, 0.25) is 0 Å². The van der Waals surface area contributed by atoms with E-state index in [1.807, 2.05) is 0 Å². The molecule has 0 saturated heterocycles. The number of hydrogen-bond donors (Lipinski definition) is 0. The maximum atomic E-state index is 12.4. The number of hydrogen-bond acceptors (Lipinski definition) is 2. The van der Waals surface area contributed by atoms with E-state index in [9.17, 15) is 35.9 Å². The van der Waals surface area contributed by atoms with Crippen molar-refractivity contribution in [3.05, 3.63) is 24.3 Å². The van der Waals surface area contributed by atoms with E-state index in [1.54, 1.807) is 0 Å². The number of amides is 2. The van der Waals surface area contributed by atoms with Crippen molar-refractivity contribution < 1.29 is 35.9 Å². The third-order valence-corrected chi connectivity index (χ3v) is 2.70. The van der Waals surface area contributed by atoms with Crippen LogP contribution in [0.25, 0.3) is 0 Å². The highest BCUT2D eigenvalue weighted by Crippen LogP contribution is 2.32. The largest absolute Gasteiger partial charge is 0.471 e. The number of anilines is 2. The molecule has 122 valence electrons. The summed E-state index contributed by atoms with van der Waals surface area (Å²) in [6, 6.07) is 4.45. The van der Waals surface area contributed by atoms with Crippen LogP contribution < -0.4 is 9.80 Å². The van der Waals surface area contributed by atoms with Crippen LogP contribution in [-0.2, 0) is 9.59 Å².